The summed E-state index contributed by atoms with van der Waals surface area (Å²) < 4.78 is 7.60. The molecule has 1 unspecified atom stereocenters. The maximum absolute atomic E-state index is 12.5. The van der Waals surface area contributed by atoms with Crippen LogP contribution in [-0.2, 0) is 11.3 Å². The zero-order chi connectivity index (χ0) is 25.4. The van der Waals surface area contributed by atoms with E-state index in [0.717, 1.165) is 47.9 Å². The first-order valence-electron chi connectivity index (χ1n) is 12.7. The Labute approximate surface area is 217 Å². The zero-order valence-corrected chi connectivity index (χ0v) is 22.2. The van der Waals surface area contributed by atoms with E-state index in [9.17, 15) is 4.79 Å². The van der Waals surface area contributed by atoms with Crippen molar-refractivity contribution in [2.75, 3.05) is 18.4 Å². The lowest BCUT2D eigenvalue weighted by molar-refractivity contribution is 0.0205. The molecule has 2 aliphatic heterocycles. The van der Waals surface area contributed by atoms with E-state index in [4.69, 9.17) is 16.3 Å². The second-order valence-electron chi connectivity index (χ2n) is 10.8. The van der Waals surface area contributed by atoms with Crippen molar-refractivity contribution in [2.45, 2.75) is 71.1 Å². The van der Waals surface area contributed by atoms with Gasteiger partial charge in [-0.25, -0.2) is 9.48 Å². The number of nitrogens with one attached hydrogen (secondary N) is 1. The molecule has 0 saturated carbocycles. The van der Waals surface area contributed by atoms with Gasteiger partial charge in [-0.2, -0.15) is 0 Å². The molecule has 8 heteroatoms. The Kier molecular flexibility index (Phi) is 6.68. The van der Waals surface area contributed by atoms with Crippen LogP contribution in [0.1, 0.15) is 68.8 Å². The van der Waals surface area contributed by atoms with E-state index in [1.165, 1.54) is 16.7 Å². The Morgan fingerprint density at radius 1 is 1.06 bits per heavy atom. The lowest BCUT2D eigenvalue weighted by atomic mass is 9.85. The van der Waals surface area contributed by atoms with E-state index in [2.05, 4.69) is 33.8 Å². The lowest BCUT2D eigenvalue weighted by Crippen LogP contribution is -2.41. The number of carbonyl (C=O) groups is 1. The smallest absolute Gasteiger partial charge is 0.410 e. The molecular weight excluding hydrogens is 474 g/mol. The third kappa shape index (κ3) is 5.21. The second-order valence-corrected chi connectivity index (χ2v) is 11.3. The monoisotopic (exact) mass is 507 g/mol. The molecule has 7 nitrogen and oxygen atoms in total. The summed E-state index contributed by atoms with van der Waals surface area (Å²) in [6.07, 6.45) is 2.52. The number of aryl methyl sites for hydroxylation is 2. The number of amides is 1. The number of hydrogen-bond donors (Lipinski definition) is 1. The van der Waals surface area contributed by atoms with Gasteiger partial charge in [0.25, 0.3) is 0 Å². The Morgan fingerprint density at radius 3 is 2.47 bits per heavy atom. The number of ether oxygens (including phenoxy) is 1. The van der Waals surface area contributed by atoms with E-state index in [-0.39, 0.29) is 12.1 Å². The van der Waals surface area contributed by atoms with Gasteiger partial charge in [-0.1, -0.05) is 35.0 Å². The molecule has 0 aliphatic carbocycles. The van der Waals surface area contributed by atoms with E-state index < -0.39 is 5.60 Å². The number of benzene rings is 2. The first-order valence-corrected chi connectivity index (χ1v) is 13.1. The summed E-state index contributed by atoms with van der Waals surface area (Å²) in [7, 11) is 0. The Hall–Kier alpha value is -3.06. The number of halogens is 1. The summed E-state index contributed by atoms with van der Waals surface area (Å²) in [4.78, 5) is 14.4. The van der Waals surface area contributed by atoms with Crippen molar-refractivity contribution >= 4 is 23.4 Å². The molecule has 36 heavy (non-hydrogen) atoms. The van der Waals surface area contributed by atoms with Crippen LogP contribution in [0.3, 0.4) is 0 Å². The van der Waals surface area contributed by atoms with Crippen LogP contribution >= 0.6 is 11.6 Å². The molecule has 5 rings (SSSR count). The van der Waals surface area contributed by atoms with Crippen LogP contribution in [0.2, 0.25) is 5.02 Å². The van der Waals surface area contributed by atoms with Gasteiger partial charge in [0.2, 0.25) is 0 Å². The van der Waals surface area contributed by atoms with Gasteiger partial charge in [0, 0.05) is 35.9 Å². The number of aromatic nitrogens is 3. The molecule has 1 fully saturated rings. The Morgan fingerprint density at radius 2 is 1.78 bits per heavy atom. The maximum Gasteiger partial charge on any atom is 0.410 e. The molecule has 3 aromatic rings. The molecule has 2 aliphatic rings. The minimum absolute atomic E-state index is 0.129. The Balaban J connectivity index is 1.41. The molecular formula is C28H34ClN5O2. The fraction of sp³-hybridized carbons (Fsp3) is 0.464. The molecule has 3 heterocycles. The average molecular weight is 508 g/mol. The molecule has 1 amide bonds. The standard InChI is InChI=1S/C28H34ClN5O2/c1-18-26-23-10-5-20(19-11-14-33(15-12-19)27(35)36-28(2,3)4)17-24(23)25(13-16-34(26)32-31-18)30-22-8-6-21(29)7-9-22/h5-10,17,19,25,30H,11-16H2,1-4H3. The molecule has 0 bridgehead atoms. The zero-order valence-electron chi connectivity index (χ0n) is 21.4. The van der Waals surface area contributed by atoms with Gasteiger partial charge in [-0.15, -0.1) is 5.10 Å². The first kappa shape index (κ1) is 24.6. The van der Waals surface area contributed by atoms with Crippen molar-refractivity contribution < 1.29 is 9.53 Å². The molecule has 1 N–H and O–H groups in total. The van der Waals surface area contributed by atoms with E-state index in [0.29, 0.717) is 19.0 Å². The Bertz CT molecular complexity index is 1240. The molecule has 2 aromatic carbocycles. The van der Waals surface area contributed by atoms with Gasteiger partial charge in [-0.05, 0) is 88.3 Å². The number of piperidine rings is 1. The summed E-state index contributed by atoms with van der Waals surface area (Å²) >= 11 is 6.11. The third-order valence-corrected chi connectivity index (χ3v) is 7.29. The SMILES string of the molecule is Cc1nnn2c1-c1ccc(C3CCN(C(=O)OC(C)(C)C)CC3)cc1C(Nc1ccc(Cl)cc1)CC2. The van der Waals surface area contributed by atoms with E-state index in [1.54, 1.807) is 0 Å². The van der Waals surface area contributed by atoms with Crippen LogP contribution in [-0.4, -0.2) is 44.7 Å². The quantitative estimate of drug-likeness (QED) is 0.433. The van der Waals surface area contributed by atoms with Crippen molar-refractivity contribution in [2.24, 2.45) is 0 Å². The van der Waals surface area contributed by atoms with Crippen LogP contribution in [0.15, 0.2) is 42.5 Å². The van der Waals surface area contributed by atoms with Gasteiger partial charge in [-0.3, -0.25) is 0 Å². The number of fused-ring (bicyclic) bond motifs is 3. The summed E-state index contributed by atoms with van der Waals surface area (Å²) in [5.41, 5.74) is 6.37. The fourth-order valence-corrected chi connectivity index (χ4v) is 5.38. The molecule has 1 saturated heterocycles. The molecule has 0 spiro atoms. The van der Waals surface area contributed by atoms with Crippen molar-refractivity contribution in [3.8, 4) is 11.3 Å². The van der Waals surface area contributed by atoms with Crippen molar-refractivity contribution in [3.63, 3.8) is 0 Å². The fourth-order valence-electron chi connectivity index (χ4n) is 5.26. The summed E-state index contributed by atoms with van der Waals surface area (Å²) in [6, 6.07) is 14.8. The highest BCUT2D eigenvalue weighted by atomic mass is 35.5. The summed E-state index contributed by atoms with van der Waals surface area (Å²) in [5.74, 6) is 0.401. The van der Waals surface area contributed by atoms with Gasteiger partial charge in [0.1, 0.15) is 5.60 Å². The lowest BCUT2D eigenvalue weighted by Gasteiger charge is -2.34. The third-order valence-electron chi connectivity index (χ3n) is 7.04. The number of rotatable bonds is 3. The number of hydrogen-bond acceptors (Lipinski definition) is 5. The molecule has 1 aromatic heterocycles. The van der Waals surface area contributed by atoms with Gasteiger partial charge < -0.3 is 15.0 Å². The highest BCUT2D eigenvalue weighted by Crippen LogP contribution is 2.40. The number of nitrogens with zero attached hydrogens (tertiary/aromatic N) is 4. The average Bonchev–Trinajstić information content (AvgIpc) is 3.13. The molecule has 190 valence electrons. The van der Waals surface area contributed by atoms with Crippen LogP contribution in [0.4, 0.5) is 10.5 Å². The van der Waals surface area contributed by atoms with Gasteiger partial charge in [0.05, 0.1) is 17.4 Å². The number of likely N-dealkylation sites (tertiary alicyclic amines) is 1. The minimum Gasteiger partial charge on any atom is -0.444 e. The maximum atomic E-state index is 12.5. The van der Waals surface area contributed by atoms with Crippen molar-refractivity contribution in [1.82, 2.24) is 19.9 Å². The molecule has 0 radical (unpaired) electrons. The van der Waals surface area contributed by atoms with Crippen molar-refractivity contribution in [1.29, 1.82) is 0 Å². The number of carbonyl (C=O) groups excluding carboxylic acids is 1. The highest BCUT2D eigenvalue weighted by Gasteiger charge is 2.30. The van der Waals surface area contributed by atoms with E-state index >= 15 is 0 Å². The van der Waals surface area contributed by atoms with Gasteiger partial charge >= 0.3 is 6.09 Å². The van der Waals surface area contributed by atoms with Crippen LogP contribution in [0, 0.1) is 6.92 Å². The predicted molar refractivity (Wildman–Crippen MR) is 142 cm³/mol. The number of anilines is 1. The molecule has 1 atom stereocenters. The second kappa shape index (κ2) is 9.77. The minimum atomic E-state index is -0.476. The van der Waals surface area contributed by atoms with Gasteiger partial charge in [0.15, 0.2) is 0 Å². The summed E-state index contributed by atoms with van der Waals surface area (Å²) in [6.45, 7) is 9.95. The van der Waals surface area contributed by atoms with Crippen molar-refractivity contribution in [3.05, 3.63) is 64.3 Å². The highest BCUT2D eigenvalue weighted by molar-refractivity contribution is 6.30. The van der Waals surface area contributed by atoms with Crippen LogP contribution in [0.5, 0.6) is 0 Å². The summed E-state index contributed by atoms with van der Waals surface area (Å²) in [5, 5.41) is 13.2. The normalized spacial score (nSPS) is 18.2. The first-order chi connectivity index (χ1) is 17.2. The van der Waals surface area contributed by atoms with Crippen LogP contribution in [0.25, 0.3) is 11.3 Å². The topological polar surface area (TPSA) is 72.3 Å². The predicted octanol–water partition coefficient (Wildman–Crippen LogP) is 6.58. The van der Waals surface area contributed by atoms with E-state index in [1.807, 2.05) is 61.5 Å². The largest absolute Gasteiger partial charge is 0.444 e. The van der Waals surface area contributed by atoms with Crippen LogP contribution < -0.4 is 5.32 Å².